The molecule has 0 radical (unpaired) electrons. The molecule has 6 rings (SSSR count). The highest BCUT2D eigenvalue weighted by atomic mass is 15.1. The molecular weight excluding hydrogens is 400 g/mol. The van der Waals surface area contributed by atoms with Gasteiger partial charge in [0.25, 0.3) is 0 Å². The molecule has 0 saturated heterocycles. The van der Waals surface area contributed by atoms with Gasteiger partial charge in [-0.05, 0) is 37.1 Å². The number of rotatable bonds is 3. The maximum absolute atomic E-state index is 4.24. The highest BCUT2D eigenvalue weighted by molar-refractivity contribution is 6.18. The first-order chi connectivity index (χ1) is 16.2. The summed E-state index contributed by atoms with van der Waals surface area (Å²) in [6.07, 6.45) is 8.48. The Kier molecular flexibility index (Phi) is 4.31. The predicted octanol–water partition coefficient (Wildman–Crippen LogP) is 8.17. The highest BCUT2D eigenvalue weighted by Gasteiger charge is 2.30. The number of fused-ring (bicyclic) bond motifs is 4. The fourth-order valence-electron chi connectivity index (χ4n) is 5.60. The summed E-state index contributed by atoms with van der Waals surface area (Å²) < 4.78 is 2.45. The van der Waals surface area contributed by atoms with E-state index < -0.39 is 0 Å². The molecule has 160 valence electrons. The van der Waals surface area contributed by atoms with Crippen molar-refractivity contribution in [3.8, 4) is 0 Å². The van der Waals surface area contributed by atoms with Gasteiger partial charge in [0, 0.05) is 40.0 Å². The summed E-state index contributed by atoms with van der Waals surface area (Å²) in [7, 11) is 2.18. The quantitative estimate of drug-likeness (QED) is 0.282. The summed E-state index contributed by atoms with van der Waals surface area (Å²) >= 11 is 0. The van der Waals surface area contributed by atoms with E-state index in [1.807, 2.05) is 6.08 Å². The van der Waals surface area contributed by atoms with Gasteiger partial charge in [0.05, 0.1) is 22.4 Å². The Morgan fingerprint density at radius 1 is 0.848 bits per heavy atom. The van der Waals surface area contributed by atoms with Crippen LogP contribution in [-0.4, -0.2) is 11.4 Å². The Bertz CT molecular complexity index is 1660. The molecular formula is C31H26N2. The third-order valence-electron chi connectivity index (χ3n) is 7.00. The minimum atomic E-state index is 1.19. The van der Waals surface area contributed by atoms with Crippen molar-refractivity contribution in [3.63, 3.8) is 0 Å². The summed E-state index contributed by atoms with van der Waals surface area (Å²) in [6.45, 7) is 8.55. The summed E-state index contributed by atoms with van der Waals surface area (Å²) in [4.78, 5) is 2.35. The van der Waals surface area contributed by atoms with Crippen molar-refractivity contribution < 1.29 is 0 Å². The van der Waals surface area contributed by atoms with Crippen molar-refractivity contribution in [3.05, 3.63) is 114 Å². The third kappa shape index (κ3) is 2.55. The maximum Gasteiger partial charge on any atom is 0.0781 e. The molecule has 0 bridgehead atoms. The summed E-state index contributed by atoms with van der Waals surface area (Å²) in [5.74, 6) is 0. The van der Waals surface area contributed by atoms with Gasteiger partial charge in [-0.15, -0.1) is 0 Å². The maximum atomic E-state index is 4.24. The lowest BCUT2D eigenvalue weighted by Gasteiger charge is -2.33. The zero-order valence-electron chi connectivity index (χ0n) is 19.3. The predicted molar refractivity (Wildman–Crippen MR) is 144 cm³/mol. The molecule has 2 nitrogen and oxygen atoms in total. The first kappa shape index (κ1) is 19.6. The van der Waals surface area contributed by atoms with E-state index in [0.29, 0.717) is 0 Å². The molecule has 3 heterocycles. The van der Waals surface area contributed by atoms with E-state index in [-0.39, 0.29) is 0 Å². The second-order valence-electron chi connectivity index (χ2n) is 8.68. The topological polar surface area (TPSA) is 7.65 Å². The summed E-state index contributed by atoms with van der Waals surface area (Å²) in [5.41, 5.74) is 11.1. The normalized spacial score (nSPS) is 15.6. The number of allylic oxidation sites excluding steroid dienone is 5. The van der Waals surface area contributed by atoms with E-state index in [2.05, 4.69) is 122 Å². The van der Waals surface area contributed by atoms with E-state index in [1.54, 1.807) is 0 Å². The van der Waals surface area contributed by atoms with E-state index in [0.717, 1.165) is 0 Å². The molecule has 33 heavy (non-hydrogen) atoms. The van der Waals surface area contributed by atoms with Crippen LogP contribution in [0.3, 0.4) is 0 Å². The molecule has 1 aliphatic rings. The van der Waals surface area contributed by atoms with Crippen LogP contribution in [0.4, 0.5) is 5.69 Å². The number of hydrogen-bond donors (Lipinski definition) is 0. The van der Waals surface area contributed by atoms with Crippen LogP contribution in [-0.2, 0) is 0 Å². The molecule has 0 N–H and O–H groups in total. The molecule has 0 aliphatic carbocycles. The lowest BCUT2D eigenvalue weighted by molar-refractivity contribution is 1.12. The second kappa shape index (κ2) is 7.25. The van der Waals surface area contributed by atoms with Crippen molar-refractivity contribution in [2.24, 2.45) is 0 Å². The van der Waals surface area contributed by atoms with Crippen molar-refractivity contribution in [2.45, 2.75) is 13.8 Å². The zero-order valence-corrected chi connectivity index (χ0v) is 19.3. The van der Waals surface area contributed by atoms with E-state index in [4.69, 9.17) is 0 Å². The Morgan fingerprint density at radius 2 is 1.58 bits per heavy atom. The molecule has 1 aliphatic heterocycles. The average Bonchev–Trinajstić information content (AvgIpc) is 3.36. The van der Waals surface area contributed by atoms with Crippen LogP contribution in [0.15, 0.2) is 97.1 Å². The summed E-state index contributed by atoms with van der Waals surface area (Å²) in [6, 6.07) is 24.0. The second-order valence-corrected chi connectivity index (χ2v) is 8.68. The van der Waals surface area contributed by atoms with Crippen molar-refractivity contribution in [1.82, 2.24) is 4.40 Å². The molecule has 0 fully saturated rings. The van der Waals surface area contributed by atoms with Crippen LogP contribution in [0.1, 0.15) is 30.7 Å². The Balaban J connectivity index is 1.81. The number of anilines is 1. The molecule has 0 amide bonds. The minimum absolute atomic E-state index is 1.19. The van der Waals surface area contributed by atoms with Gasteiger partial charge in [0.1, 0.15) is 0 Å². The number of benzene rings is 3. The zero-order chi connectivity index (χ0) is 22.7. The molecule has 0 spiro atoms. The van der Waals surface area contributed by atoms with E-state index in [1.165, 1.54) is 66.5 Å². The number of aromatic nitrogens is 1. The first-order valence-corrected chi connectivity index (χ1v) is 11.4. The SMILES string of the molecule is C=Cc1c(C2=C(C)/C(=C\C=C/C)c3ccccc3N2C)n2c3ccccc3c3cccc1c32. The minimum Gasteiger partial charge on any atom is -0.342 e. The standard InChI is InChI=1S/C31H26N2/c1-5-7-13-22-20(3)29(32(4)27-18-10-8-14-23(22)27)31-21(6-2)25-16-12-17-26-24-15-9-11-19-28(24)33(31)30(25)26/h5-19H,2H2,1,3-4H3/b7-5-,22-13+. The van der Waals surface area contributed by atoms with Gasteiger partial charge in [-0.1, -0.05) is 85.5 Å². The van der Waals surface area contributed by atoms with E-state index >= 15 is 0 Å². The Hall–Kier alpha value is -4.04. The van der Waals surface area contributed by atoms with Crippen LogP contribution in [0, 0.1) is 0 Å². The number of nitrogens with zero attached hydrogens (tertiary/aromatic N) is 2. The third-order valence-corrected chi connectivity index (χ3v) is 7.00. The largest absolute Gasteiger partial charge is 0.342 e. The Labute approximate surface area is 194 Å². The average molecular weight is 427 g/mol. The molecule has 3 aromatic carbocycles. The van der Waals surface area contributed by atoms with Gasteiger partial charge in [-0.25, -0.2) is 0 Å². The molecule has 2 aromatic heterocycles. The number of hydrogen-bond acceptors (Lipinski definition) is 1. The van der Waals surface area contributed by atoms with Crippen molar-refractivity contribution in [1.29, 1.82) is 0 Å². The monoisotopic (exact) mass is 426 g/mol. The van der Waals surface area contributed by atoms with Gasteiger partial charge >= 0.3 is 0 Å². The van der Waals surface area contributed by atoms with Crippen LogP contribution in [0.5, 0.6) is 0 Å². The molecule has 0 saturated carbocycles. The van der Waals surface area contributed by atoms with Gasteiger partial charge in [0.2, 0.25) is 0 Å². The summed E-state index contributed by atoms with van der Waals surface area (Å²) in [5, 5.41) is 3.83. The van der Waals surface area contributed by atoms with E-state index in [9.17, 15) is 0 Å². The lowest BCUT2D eigenvalue weighted by atomic mass is 9.89. The Morgan fingerprint density at radius 3 is 2.39 bits per heavy atom. The van der Waals surface area contributed by atoms with Gasteiger partial charge < -0.3 is 9.30 Å². The van der Waals surface area contributed by atoms with Crippen molar-refractivity contribution in [2.75, 3.05) is 11.9 Å². The fraction of sp³-hybridized carbons (Fsp3) is 0.0968. The molecule has 5 aromatic rings. The lowest BCUT2D eigenvalue weighted by Crippen LogP contribution is -2.23. The van der Waals surface area contributed by atoms with Crippen LogP contribution in [0.2, 0.25) is 0 Å². The highest BCUT2D eigenvalue weighted by Crippen LogP contribution is 2.47. The molecule has 0 unspecified atom stereocenters. The molecule has 0 atom stereocenters. The number of para-hydroxylation sites is 3. The van der Waals surface area contributed by atoms with Gasteiger partial charge in [-0.2, -0.15) is 0 Å². The van der Waals surface area contributed by atoms with Crippen LogP contribution in [0.25, 0.3) is 44.5 Å². The van der Waals surface area contributed by atoms with Gasteiger partial charge in [-0.3, -0.25) is 0 Å². The van der Waals surface area contributed by atoms with Crippen molar-refractivity contribution >= 4 is 50.2 Å². The molecule has 2 heteroatoms. The smallest absolute Gasteiger partial charge is 0.0781 e. The first-order valence-electron chi connectivity index (χ1n) is 11.4. The fourth-order valence-corrected chi connectivity index (χ4v) is 5.60. The van der Waals surface area contributed by atoms with Gasteiger partial charge in [0.15, 0.2) is 0 Å². The van der Waals surface area contributed by atoms with Crippen LogP contribution < -0.4 is 4.90 Å². The van der Waals surface area contributed by atoms with Crippen LogP contribution >= 0.6 is 0 Å².